The van der Waals surface area contributed by atoms with E-state index in [-0.39, 0.29) is 11.3 Å². The summed E-state index contributed by atoms with van der Waals surface area (Å²) in [6, 6.07) is 5.45. The number of ether oxygens (including phenoxy) is 2. The second kappa shape index (κ2) is 8.16. The summed E-state index contributed by atoms with van der Waals surface area (Å²) in [6.07, 6.45) is 3.21. The van der Waals surface area contributed by atoms with Gasteiger partial charge in [-0.15, -0.1) is 11.3 Å². The predicted octanol–water partition coefficient (Wildman–Crippen LogP) is 3.79. The van der Waals surface area contributed by atoms with Crippen molar-refractivity contribution in [1.29, 1.82) is 0 Å². The van der Waals surface area contributed by atoms with E-state index in [1.54, 1.807) is 37.7 Å². The number of aromatic nitrogens is 1. The van der Waals surface area contributed by atoms with Crippen molar-refractivity contribution in [3.05, 3.63) is 45.9 Å². The van der Waals surface area contributed by atoms with E-state index in [0.29, 0.717) is 18.0 Å². The highest BCUT2D eigenvalue weighted by Crippen LogP contribution is 2.26. The molecule has 2 rings (SSSR count). The third-order valence-corrected chi connectivity index (χ3v) is 4.44. The highest BCUT2D eigenvalue weighted by atomic mass is 32.1. The minimum atomic E-state index is -0.176. The van der Waals surface area contributed by atoms with Gasteiger partial charge in [0.2, 0.25) is 5.91 Å². The van der Waals surface area contributed by atoms with Gasteiger partial charge in [-0.3, -0.25) is 4.79 Å². The van der Waals surface area contributed by atoms with Crippen molar-refractivity contribution in [2.75, 3.05) is 14.2 Å². The molecule has 1 heterocycles. The summed E-state index contributed by atoms with van der Waals surface area (Å²) in [5.41, 5.74) is 1.87. The van der Waals surface area contributed by atoms with Gasteiger partial charge in [0.1, 0.15) is 16.5 Å². The third-order valence-electron chi connectivity index (χ3n) is 3.59. The number of hydrogen-bond acceptors (Lipinski definition) is 5. The number of benzene rings is 1. The largest absolute Gasteiger partial charge is 0.497 e. The summed E-state index contributed by atoms with van der Waals surface area (Å²) < 4.78 is 10.5. The Hall–Kier alpha value is -2.34. The minimum absolute atomic E-state index is 0.0174. The van der Waals surface area contributed by atoms with Crippen molar-refractivity contribution in [2.45, 2.75) is 32.7 Å². The zero-order valence-corrected chi connectivity index (χ0v) is 16.1. The van der Waals surface area contributed by atoms with Crippen LogP contribution < -0.4 is 14.8 Å². The van der Waals surface area contributed by atoms with E-state index >= 15 is 0 Å². The first-order chi connectivity index (χ1) is 11.8. The van der Waals surface area contributed by atoms with Gasteiger partial charge in [0.25, 0.3) is 0 Å². The molecule has 0 aliphatic rings. The highest BCUT2D eigenvalue weighted by Gasteiger charge is 2.17. The topological polar surface area (TPSA) is 60.5 Å². The molecule has 1 N–H and O–H groups in total. The number of amides is 1. The Morgan fingerprint density at radius 1 is 1.28 bits per heavy atom. The Kier molecular flexibility index (Phi) is 6.20. The second-order valence-corrected chi connectivity index (χ2v) is 7.48. The molecule has 1 aromatic heterocycles. The van der Waals surface area contributed by atoms with Gasteiger partial charge in [0, 0.05) is 28.5 Å². The molecule has 1 aromatic carbocycles. The van der Waals surface area contributed by atoms with Gasteiger partial charge < -0.3 is 14.8 Å². The molecular formula is C19H24N2O3S. The molecule has 0 spiro atoms. The SMILES string of the molecule is COc1ccc(C=CC(=O)NCc2nc(C(C)(C)C)cs2)c(OC)c1. The van der Waals surface area contributed by atoms with Crippen LogP contribution in [0.2, 0.25) is 0 Å². The van der Waals surface area contributed by atoms with E-state index in [1.165, 1.54) is 6.08 Å². The fourth-order valence-corrected chi connectivity index (χ4v) is 3.04. The van der Waals surface area contributed by atoms with Gasteiger partial charge >= 0.3 is 0 Å². The zero-order chi connectivity index (χ0) is 18.4. The smallest absolute Gasteiger partial charge is 0.244 e. The van der Waals surface area contributed by atoms with Gasteiger partial charge in [-0.2, -0.15) is 0 Å². The molecular weight excluding hydrogens is 336 g/mol. The molecule has 134 valence electrons. The van der Waals surface area contributed by atoms with Gasteiger partial charge in [0.05, 0.1) is 26.5 Å². The molecule has 1 amide bonds. The molecule has 2 aromatic rings. The molecule has 0 aliphatic heterocycles. The normalized spacial score (nSPS) is 11.6. The number of nitrogens with one attached hydrogen (secondary N) is 1. The maximum Gasteiger partial charge on any atom is 0.244 e. The Balaban J connectivity index is 1.96. The second-order valence-electron chi connectivity index (χ2n) is 6.54. The van der Waals surface area contributed by atoms with Crippen LogP contribution in [0, 0.1) is 0 Å². The van der Waals surface area contributed by atoms with Crippen molar-refractivity contribution in [3.63, 3.8) is 0 Å². The van der Waals surface area contributed by atoms with Gasteiger partial charge in [-0.1, -0.05) is 20.8 Å². The zero-order valence-electron chi connectivity index (χ0n) is 15.3. The van der Waals surface area contributed by atoms with Gasteiger partial charge in [-0.05, 0) is 18.2 Å². The monoisotopic (exact) mass is 360 g/mol. The number of rotatable bonds is 6. The summed E-state index contributed by atoms with van der Waals surface area (Å²) in [5, 5.41) is 5.79. The van der Waals surface area contributed by atoms with Crippen molar-refractivity contribution in [2.24, 2.45) is 0 Å². The summed E-state index contributed by atoms with van der Waals surface area (Å²) in [4.78, 5) is 16.6. The number of nitrogens with zero attached hydrogens (tertiary/aromatic N) is 1. The van der Waals surface area contributed by atoms with Crippen LogP contribution in [0.3, 0.4) is 0 Å². The first-order valence-electron chi connectivity index (χ1n) is 7.96. The average molecular weight is 360 g/mol. The van der Waals surface area contributed by atoms with E-state index in [9.17, 15) is 4.79 Å². The van der Waals surface area contributed by atoms with Crippen LogP contribution in [0.4, 0.5) is 0 Å². The number of hydrogen-bond donors (Lipinski definition) is 1. The molecule has 0 unspecified atom stereocenters. The highest BCUT2D eigenvalue weighted by molar-refractivity contribution is 7.09. The molecule has 25 heavy (non-hydrogen) atoms. The van der Waals surface area contributed by atoms with E-state index in [1.807, 2.05) is 17.5 Å². The average Bonchev–Trinajstić information content (AvgIpc) is 3.07. The van der Waals surface area contributed by atoms with E-state index < -0.39 is 0 Å². The molecule has 5 nitrogen and oxygen atoms in total. The summed E-state index contributed by atoms with van der Waals surface area (Å²) >= 11 is 1.56. The van der Waals surface area contributed by atoms with Gasteiger partial charge in [0.15, 0.2) is 0 Å². The fourth-order valence-electron chi connectivity index (χ4n) is 2.08. The number of thiazole rings is 1. The van der Waals surface area contributed by atoms with E-state index in [2.05, 4.69) is 31.1 Å². The van der Waals surface area contributed by atoms with Crippen LogP contribution >= 0.6 is 11.3 Å². The van der Waals surface area contributed by atoms with Crippen molar-refractivity contribution in [1.82, 2.24) is 10.3 Å². The van der Waals surface area contributed by atoms with Crippen LogP contribution in [0.15, 0.2) is 29.7 Å². The van der Waals surface area contributed by atoms with E-state index in [4.69, 9.17) is 9.47 Å². The number of methoxy groups -OCH3 is 2. The fraction of sp³-hybridized carbons (Fsp3) is 0.368. The van der Waals surface area contributed by atoms with Gasteiger partial charge in [-0.25, -0.2) is 4.98 Å². The molecule has 0 atom stereocenters. The first kappa shape index (κ1) is 19.0. The quantitative estimate of drug-likeness (QED) is 0.796. The summed E-state index contributed by atoms with van der Waals surface area (Å²) in [6.45, 7) is 6.78. The number of carbonyl (C=O) groups excluding carboxylic acids is 1. The van der Waals surface area contributed by atoms with Crippen molar-refractivity contribution < 1.29 is 14.3 Å². The van der Waals surface area contributed by atoms with Crippen LogP contribution in [-0.4, -0.2) is 25.1 Å². The summed E-state index contributed by atoms with van der Waals surface area (Å²) in [7, 11) is 3.18. The lowest BCUT2D eigenvalue weighted by atomic mass is 9.93. The summed E-state index contributed by atoms with van der Waals surface area (Å²) in [5.74, 6) is 1.18. The molecule has 0 saturated carbocycles. The number of carbonyl (C=O) groups is 1. The lowest BCUT2D eigenvalue weighted by Crippen LogP contribution is -2.20. The minimum Gasteiger partial charge on any atom is -0.497 e. The maximum atomic E-state index is 12.0. The Morgan fingerprint density at radius 3 is 2.64 bits per heavy atom. The maximum absolute atomic E-state index is 12.0. The Morgan fingerprint density at radius 2 is 2.04 bits per heavy atom. The predicted molar refractivity (Wildman–Crippen MR) is 101 cm³/mol. The molecule has 0 aliphatic carbocycles. The molecule has 0 saturated heterocycles. The van der Waals surface area contributed by atoms with E-state index in [0.717, 1.165) is 16.3 Å². The lowest BCUT2D eigenvalue weighted by Gasteiger charge is -2.14. The first-order valence-corrected chi connectivity index (χ1v) is 8.84. The molecule has 0 bridgehead atoms. The molecule has 6 heteroatoms. The van der Waals surface area contributed by atoms with Crippen LogP contribution in [0.25, 0.3) is 6.08 Å². The van der Waals surface area contributed by atoms with Crippen LogP contribution in [0.5, 0.6) is 11.5 Å². The molecule has 0 fully saturated rings. The molecule has 0 radical (unpaired) electrons. The Bertz CT molecular complexity index is 760. The van der Waals surface area contributed by atoms with Crippen LogP contribution in [-0.2, 0) is 16.8 Å². The third kappa shape index (κ3) is 5.32. The van der Waals surface area contributed by atoms with Crippen molar-refractivity contribution >= 4 is 23.3 Å². The standard InChI is InChI=1S/C19H24N2O3S/c1-19(2,3)16-12-25-18(21-16)11-20-17(22)9-7-13-6-8-14(23-4)10-15(13)24-5/h6-10,12H,11H2,1-5H3,(H,20,22). The van der Waals surface area contributed by atoms with Crippen molar-refractivity contribution in [3.8, 4) is 11.5 Å². The van der Waals surface area contributed by atoms with Crippen LogP contribution in [0.1, 0.15) is 37.0 Å². The lowest BCUT2D eigenvalue weighted by molar-refractivity contribution is -0.116. The Labute approximate surface area is 152 Å².